The number of aryl methyl sites for hydroxylation is 1. The van der Waals surface area contributed by atoms with Gasteiger partial charge in [0.05, 0.1) is 11.6 Å². The standard InChI is InChI=1S/C22H18F6N4O3/c1-10(22(26,27)28)35-17-9-11(16-6-3-7-18-30-31-21(34)32(16)18)15(25)8-12(17)20(33)29-19-13(23)4-2-5-14(19)24/h2,4-5,8-10,16H,3,6-7H2,1H3,(H,29,33)(H,31,34)/t10-,16?/m1/s1. The summed E-state index contributed by atoms with van der Waals surface area (Å²) in [5.74, 6) is -4.94. The first-order valence-electron chi connectivity index (χ1n) is 10.4. The number of ether oxygens (including phenoxy) is 1. The molecule has 13 heteroatoms. The minimum atomic E-state index is -4.83. The highest BCUT2D eigenvalue weighted by molar-refractivity contribution is 6.06. The van der Waals surface area contributed by atoms with E-state index in [1.54, 1.807) is 0 Å². The van der Waals surface area contributed by atoms with Gasteiger partial charge in [-0.1, -0.05) is 6.07 Å². The number of rotatable bonds is 5. The van der Waals surface area contributed by atoms with Crippen LogP contribution >= 0.6 is 0 Å². The summed E-state index contributed by atoms with van der Waals surface area (Å²) in [5.41, 5.74) is -2.42. The molecule has 2 heterocycles. The predicted molar refractivity (Wildman–Crippen MR) is 111 cm³/mol. The summed E-state index contributed by atoms with van der Waals surface area (Å²) in [6, 6.07) is 3.34. The number of para-hydroxylation sites is 1. The van der Waals surface area contributed by atoms with Gasteiger partial charge in [0.1, 0.15) is 34.7 Å². The number of hydrogen-bond acceptors (Lipinski definition) is 4. The molecule has 0 spiro atoms. The van der Waals surface area contributed by atoms with Gasteiger partial charge in [-0.3, -0.25) is 9.36 Å². The average Bonchev–Trinajstić information content (AvgIpc) is 3.17. The fourth-order valence-electron chi connectivity index (χ4n) is 3.87. The van der Waals surface area contributed by atoms with Crippen molar-refractivity contribution in [2.45, 2.75) is 44.5 Å². The first-order valence-corrected chi connectivity index (χ1v) is 10.4. The van der Waals surface area contributed by atoms with E-state index in [4.69, 9.17) is 4.74 Å². The van der Waals surface area contributed by atoms with Gasteiger partial charge in [0, 0.05) is 12.0 Å². The Balaban J connectivity index is 1.80. The van der Waals surface area contributed by atoms with Gasteiger partial charge in [-0.25, -0.2) is 23.1 Å². The maximum atomic E-state index is 15.2. The molecule has 7 nitrogen and oxygen atoms in total. The third kappa shape index (κ3) is 4.75. The number of carbonyl (C=O) groups excluding carboxylic acids is 1. The highest BCUT2D eigenvalue weighted by Gasteiger charge is 2.39. The van der Waals surface area contributed by atoms with Gasteiger partial charge >= 0.3 is 11.9 Å². The molecule has 1 unspecified atom stereocenters. The molecule has 0 radical (unpaired) electrons. The molecular weight excluding hydrogens is 482 g/mol. The van der Waals surface area contributed by atoms with Gasteiger partial charge in [0.25, 0.3) is 5.91 Å². The van der Waals surface area contributed by atoms with E-state index in [0.29, 0.717) is 31.7 Å². The van der Waals surface area contributed by atoms with Crippen molar-refractivity contribution < 1.29 is 35.9 Å². The minimum absolute atomic E-state index is 0.201. The zero-order valence-electron chi connectivity index (χ0n) is 18.0. The Bertz CT molecular complexity index is 1310. The SMILES string of the molecule is C[C@@H](Oc1cc(C2CCCc3n[nH]c(=O)n32)c(F)cc1C(=O)Nc1c(F)cccc1F)C(F)(F)F. The lowest BCUT2D eigenvalue weighted by molar-refractivity contribution is -0.189. The van der Waals surface area contributed by atoms with Crippen molar-refractivity contribution in [1.29, 1.82) is 0 Å². The summed E-state index contributed by atoms with van der Waals surface area (Å²) >= 11 is 0. The maximum Gasteiger partial charge on any atom is 0.425 e. The molecule has 35 heavy (non-hydrogen) atoms. The molecule has 1 aliphatic heterocycles. The van der Waals surface area contributed by atoms with Crippen LogP contribution in [-0.2, 0) is 6.42 Å². The summed E-state index contributed by atoms with van der Waals surface area (Å²) in [4.78, 5) is 25.0. The Hall–Kier alpha value is -3.77. The van der Waals surface area contributed by atoms with Gasteiger partial charge in [-0.2, -0.15) is 18.3 Å². The predicted octanol–water partition coefficient (Wildman–Crippen LogP) is 4.50. The third-order valence-electron chi connectivity index (χ3n) is 5.64. The lowest BCUT2D eigenvalue weighted by Gasteiger charge is -2.26. The van der Waals surface area contributed by atoms with Gasteiger partial charge in [0.2, 0.25) is 0 Å². The zero-order valence-corrected chi connectivity index (χ0v) is 18.0. The Morgan fingerprint density at radius 3 is 2.54 bits per heavy atom. The van der Waals surface area contributed by atoms with Crippen LogP contribution in [0.4, 0.5) is 32.0 Å². The largest absolute Gasteiger partial charge is 0.480 e. The van der Waals surface area contributed by atoms with Gasteiger partial charge in [-0.05, 0) is 44.0 Å². The second kappa shape index (κ2) is 9.12. The van der Waals surface area contributed by atoms with Crippen LogP contribution in [0.5, 0.6) is 5.75 Å². The van der Waals surface area contributed by atoms with Crippen LogP contribution < -0.4 is 15.7 Å². The van der Waals surface area contributed by atoms with Crippen LogP contribution in [-0.4, -0.2) is 33.0 Å². The van der Waals surface area contributed by atoms with Crippen LogP contribution in [0.2, 0.25) is 0 Å². The van der Waals surface area contributed by atoms with Gasteiger partial charge < -0.3 is 10.1 Å². The molecule has 2 atom stereocenters. The average molecular weight is 500 g/mol. The lowest BCUT2D eigenvalue weighted by atomic mass is 9.95. The van der Waals surface area contributed by atoms with E-state index in [1.165, 1.54) is 4.57 Å². The number of aromatic amines is 1. The zero-order chi connectivity index (χ0) is 25.5. The van der Waals surface area contributed by atoms with E-state index in [1.807, 2.05) is 5.32 Å². The van der Waals surface area contributed by atoms with Crippen molar-refractivity contribution in [2.75, 3.05) is 5.32 Å². The molecule has 2 aromatic carbocycles. The van der Waals surface area contributed by atoms with Crippen molar-refractivity contribution in [2.24, 2.45) is 0 Å². The molecular formula is C22H18F6N4O3. The number of H-pyrrole nitrogens is 1. The first kappa shape index (κ1) is 24.4. The Morgan fingerprint density at radius 2 is 1.89 bits per heavy atom. The Kier molecular flexibility index (Phi) is 6.34. The molecule has 186 valence electrons. The third-order valence-corrected chi connectivity index (χ3v) is 5.64. The number of amides is 1. The quantitative estimate of drug-likeness (QED) is 0.505. The molecule has 0 fully saturated rings. The van der Waals surface area contributed by atoms with Crippen molar-refractivity contribution >= 4 is 11.6 Å². The first-order chi connectivity index (χ1) is 16.5. The molecule has 2 N–H and O–H groups in total. The number of fused-ring (bicyclic) bond motifs is 1. The topological polar surface area (TPSA) is 89.0 Å². The monoisotopic (exact) mass is 500 g/mol. The number of benzene rings is 2. The highest BCUT2D eigenvalue weighted by Crippen LogP contribution is 2.36. The molecule has 0 saturated heterocycles. The molecule has 1 aromatic heterocycles. The van der Waals surface area contributed by atoms with E-state index in [9.17, 15) is 31.5 Å². The van der Waals surface area contributed by atoms with Crippen molar-refractivity contribution in [3.8, 4) is 5.75 Å². The van der Waals surface area contributed by atoms with Crippen LogP contribution in [0.15, 0.2) is 35.1 Å². The second-order valence-electron chi connectivity index (χ2n) is 7.95. The Labute approximate surface area is 193 Å². The van der Waals surface area contributed by atoms with Crippen LogP contribution in [0.25, 0.3) is 0 Å². The Morgan fingerprint density at radius 1 is 1.20 bits per heavy atom. The summed E-state index contributed by atoms with van der Waals surface area (Å²) in [6.07, 6.45) is -6.03. The van der Waals surface area contributed by atoms with Crippen LogP contribution in [0.3, 0.4) is 0 Å². The maximum absolute atomic E-state index is 15.2. The molecule has 1 aliphatic rings. The summed E-state index contributed by atoms with van der Waals surface area (Å²) in [6.45, 7) is 0.681. The number of aromatic nitrogens is 3. The molecule has 0 bridgehead atoms. The van der Waals surface area contributed by atoms with E-state index < -0.39 is 64.4 Å². The number of nitrogens with one attached hydrogen (secondary N) is 2. The van der Waals surface area contributed by atoms with Crippen molar-refractivity contribution in [1.82, 2.24) is 14.8 Å². The fraction of sp³-hybridized carbons (Fsp3) is 0.318. The smallest absolute Gasteiger partial charge is 0.425 e. The molecule has 0 aliphatic carbocycles. The normalized spacial score (nSPS) is 16.5. The van der Waals surface area contributed by atoms with E-state index in [0.717, 1.165) is 24.3 Å². The number of hydrogen-bond donors (Lipinski definition) is 2. The van der Waals surface area contributed by atoms with Crippen LogP contribution in [0.1, 0.15) is 47.6 Å². The molecule has 4 rings (SSSR count). The van der Waals surface area contributed by atoms with E-state index in [-0.39, 0.29) is 12.0 Å². The van der Waals surface area contributed by atoms with Crippen LogP contribution in [0, 0.1) is 17.5 Å². The summed E-state index contributed by atoms with van der Waals surface area (Å²) in [5, 5.41) is 8.02. The molecule has 3 aromatic rings. The summed E-state index contributed by atoms with van der Waals surface area (Å²) < 4.78 is 89.0. The number of alkyl halides is 3. The molecule has 1 amide bonds. The number of anilines is 1. The second-order valence-corrected chi connectivity index (χ2v) is 7.95. The lowest BCUT2D eigenvalue weighted by Crippen LogP contribution is -2.32. The number of halogens is 6. The number of nitrogens with zero attached hydrogens (tertiary/aromatic N) is 2. The van der Waals surface area contributed by atoms with Crippen molar-refractivity contribution in [3.05, 3.63) is 75.2 Å². The molecule has 0 saturated carbocycles. The highest BCUT2D eigenvalue weighted by atomic mass is 19.4. The van der Waals surface area contributed by atoms with Gasteiger partial charge in [-0.15, -0.1) is 0 Å². The minimum Gasteiger partial charge on any atom is -0.480 e. The summed E-state index contributed by atoms with van der Waals surface area (Å²) in [7, 11) is 0. The fourth-order valence-corrected chi connectivity index (χ4v) is 3.87. The van der Waals surface area contributed by atoms with E-state index >= 15 is 4.39 Å². The van der Waals surface area contributed by atoms with Crippen molar-refractivity contribution in [3.63, 3.8) is 0 Å². The van der Waals surface area contributed by atoms with E-state index in [2.05, 4.69) is 10.2 Å². The van der Waals surface area contributed by atoms with Gasteiger partial charge in [0.15, 0.2) is 6.10 Å². The number of carbonyl (C=O) groups is 1.